The maximum Gasteiger partial charge on any atom is 0.251 e. The first-order valence-electron chi connectivity index (χ1n) is 14.0. The van der Waals surface area contributed by atoms with Crippen LogP contribution in [-0.4, -0.2) is 89.8 Å². The predicted molar refractivity (Wildman–Crippen MR) is 148 cm³/mol. The Balaban J connectivity index is 1.20. The molecule has 1 unspecified atom stereocenters. The van der Waals surface area contributed by atoms with Crippen molar-refractivity contribution in [1.82, 2.24) is 20.1 Å². The van der Waals surface area contributed by atoms with E-state index >= 15 is 0 Å². The van der Waals surface area contributed by atoms with Gasteiger partial charge in [0.05, 0.1) is 6.10 Å². The molecule has 8 heteroatoms. The van der Waals surface area contributed by atoms with Crippen LogP contribution in [0.25, 0.3) is 0 Å². The van der Waals surface area contributed by atoms with Crippen molar-refractivity contribution in [3.63, 3.8) is 0 Å². The molecule has 1 aromatic heterocycles. The summed E-state index contributed by atoms with van der Waals surface area (Å²) in [4.78, 5) is 25.1. The lowest BCUT2D eigenvalue weighted by atomic mass is 9.93. The second kappa shape index (κ2) is 11.8. The van der Waals surface area contributed by atoms with Crippen LogP contribution in [0.4, 0.5) is 11.6 Å². The molecule has 2 fully saturated rings. The largest absolute Gasteiger partial charge is 0.390 e. The number of hydrogen-bond acceptors (Lipinski definition) is 7. The monoisotopic (exact) mass is 506 g/mol. The number of hydrogen-bond donors (Lipinski definition) is 3. The zero-order valence-corrected chi connectivity index (χ0v) is 22.3. The van der Waals surface area contributed by atoms with Crippen LogP contribution in [0, 0.1) is 0 Å². The molecule has 0 spiro atoms. The van der Waals surface area contributed by atoms with Gasteiger partial charge in [-0.3, -0.25) is 14.6 Å². The van der Waals surface area contributed by atoms with Crippen LogP contribution in [0.5, 0.6) is 0 Å². The highest BCUT2D eigenvalue weighted by Crippen LogP contribution is 2.26. The number of aliphatic hydroxyl groups is 1. The third kappa shape index (κ3) is 6.61. The molecular formula is C29H42N6O2. The van der Waals surface area contributed by atoms with Gasteiger partial charge in [0.1, 0.15) is 11.6 Å². The number of rotatable bonds is 9. The van der Waals surface area contributed by atoms with Gasteiger partial charge in [-0.2, -0.15) is 0 Å². The van der Waals surface area contributed by atoms with E-state index in [9.17, 15) is 9.90 Å². The molecule has 5 rings (SSSR count). The fourth-order valence-corrected chi connectivity index (χ4v) is 5.50. The van der Waals surface area contributed by atoms with Crippen LogP contribution >= 0.6 is 0 Å². The SMILES string of the molecule is CC(C)N1CCN(c2cc(C(=O)NCC(O)CN3CCc4ccccc4C3)cc(NC3CCC3)n2)CC1. The van der Waals surface area contributed by atoms with Gasteiger partial charge in [0.25, 0.3) is 5.91 Å². The summed E-state index contributed by atoms with van der Waals surface area (Å²) in [6.07, 6.45) is 3.91. The van der Waals surface area contributed by atoms with E-state index in [2.05, 4.69) is 63.4 Å². The van der Waals surface area contributed by atoms with Gasteiger partial charge >= 0.3 is 0 Å². The summed E-state index contributed by atoms with van der Waals surface area (Å²) in [6.45, 7) is 10.8. The molecule has 200 valence electrons. The number of fused-ring (bicyclic) bond motifs is 1. The lowest BCUT2D eigenvalue weighted by molar-refractivity contribution is 0.0842. The lowest BCUT2D eigenvalue weighted by Gasteiger charge is -2.37. The maximum atomic E-state index is 13.2. The van der Waals surface area contributed by atoms with Gasteiger partial charge in [-0.1, -0.05) is 24.3 Å². The van der Waals surface area contributed by atoms with E-state index in [0.717, 1.165) is 70.2 Å². The van der Waals surface area contributed by atoms with Crippen molar-refractivity contribution in [2.75, 3.05) is 56.0 Å². The zero-order chi connectivity index (χ0) is 25.8. The van der Waals surface area contributed by atoms with Crippen LogP contribution in [0.3, 0.4) is 0 Å². The number of piperazine rings is 1. The van der Waals surface area contributed by atoms with Gasteiger partial charge in [0.15, 0.2) is 0 Å². The summed E-state index contributed by atoms with van der Waals surface area (Å²) in [5, 5.41) is 17.2. The van der Waals surface area contributed by atoms with E-state index in [1.165, 1.54) is 17.5 Å². The molecule has 1 amide bonds. The fourth-order valence-electron chi connectivity index (χ4n) is 5.50. The number of carbonyl (C=O) groups excluding carboxylic acids is 1. The summed E-state index contributed by atoms with van der Waals surface area (Å²) in [6, 6.07) is 13.2. The summed E-state index contributed by atoms with van der Waals surface area (Å²) in [7, 11) is 0. The van der Waals surface area contributed by atoms with Crippen LogP contribution in [-0.2, 0) is 13.0 Å². The Labute approximate surface area is 221 Å². The molecule has 3 N–H and O–H groups in total. The van der Waals surface area contributed by atoms with Crippen molar-refractivity contribution in [2.45, 2.75) is 64.3 Å². The van der Waals surface area contributed by atoms with Crippen molar-refractivity contribution < 1.29 is 9.90 Å². The average Bonchev–Trinajstić information content (AvgIpc) is 2.89. The number of nitrogens with one attached hydrogen (secondary N) is 2. The van der Waals surface area contributed by atoms with Crippen molar-refractivity contribution in [1.29, 1.82) is 0 Å². The van der Waals surface area contributed by atoms with Crippen molar-refractivity contribution in [3.05, 3.63) is 53.1 Å². The maximum absolute atomic E-state index is 13.2. The smallest absolute Gasteiger partial charge is 0.251 e. The summed E-state index contributed by atoms with van der Waals surface area (Å²) in [5.41, 5.74) is 3.32. The van der Waals surface area contributed by atoms with Gasteiger partial charge in [-0.25, -0.2) is 4.98 Å². The molecule has 1 aliphatic carbocycles. The van der Waals surface area contributed by atoms with Crippen LogP contribution in [0.1, 0.15) is 54.6 Å². The third-order valence-corrected chi connectivity index (χ3v) is 8.08. The molecule has 1 saturated heterocycles. The van der Waals surface area contributed by atoms with Gasteiger partial charge in [-0.05, 0) is 62.8 Å². The number of amides is 1. The van der Waals surface area contributed by atoms with Crippen LogP contribution < -0.4 is 15.5 Å². The highest BCUT2D eigenvalue weighted by atomic mass is 16.3. The summed E-state index contributed by atoms with van der Waals surface area (Å²) in [5.74, 6) is 1.46. The molecule has 1 aromatic carbocycles. The van der Waals surface area contributed by atoms with Crippen molar-refractivity contribution >= 4 is 17.5 Å². The molecule has 2 aliphatic heterocycles. The molecule has 3 aliphatic rings. The Bertz CT molecular complexity index is 1060. The number of aromatic nitrogens is 1. The van der Waals surface area contributed by atoms with E-state index in [4.69, 9.17) is 4.98 Å². The van der Waals surface area contributed by atoms with E-state index < -0.39 is 6.10 Å². The molecule has 1 atom stereocenters. The Morgan fingerprint density at radius 3 is 2.54 bits per heavy atom. The first kappa shape index (κ1) is 25.9. The number of benzene rings is 1. The fraction of sp³-hybridized carbons (Fsp3) is 0.586. The normalized spacial score (nSPS) is 19.8. The van der Waals surface area contributed by atoms with Crippen molar-refractivity contribution in [2.24, 2.45) is 0 Å². The Morgan fingerprint density at radius 2 is 1.84 bits per heavy atom. The van der Waals surface area contributed by atoms with E-state index in [1.54, 1.807) is 0 Å². The predicted octanol–water partition coefficient (Wildman–Crippen LogP) is 2.73. The Morgan fingerprint density at radius 1 is 1.08 bits per heavy atom. The number of β-amino-alcohol motifs (C(OH)–C–C–N with tert-alkyl or cyclic N) is 1. The van der Waals surface area contributed by atoms with Gasteiger partial charge in [-0.15, -0.1) is 0 Å². The van der Waals surface area contributed by atoms with Gasteiger partial charge in [0, 0.05) is 70.0 Å². The standard InChI is InChI=1S/C29H42N6O2/c1-21(2)34-12-14-35(15-13-34)28-17-24(16-27(32-28)31-25-8-5-9-25)29(37)30-18-26(36)20-33-11-10-22-6-3-4-7-23(22)19-33/h3-4,6-7,16-17,21,25-26,36H,5,8-15,18-20H2,1-2H3,(H,30,37)(H,31,32). The number of pyridine rings is 1. The van der Waals surface area contributed by atoms with Crippen molar-refractivity contribution in [3.8, 4) is 0 Å². The minimum atomic E-state index is -0.618. The molecule has 8 nitrogen and oxygen atoms in total. The molecule has 37 heavy (non-hydrogen) atoms. The Hall–Kier alpha value is -2.68. The minimum absolute atomic E-state index is 0.163. The van der Waals surface area contributed by atoms with E-state index in [1.807, 2.05) is 12.1 Å². The van der Waals surface area contributed by atoms with Gasteiger partial charge < -0.3 is 20.6 Å². The van der Waals surface area contributed by atoms with Gasteiger partial charge in [0.2, 0.25) is 0 Å². The molecule has 2 aromatic rings. The average molecular weight is 507 g/mol. The topological polar surface area (TPSA) is 84.0 Å². The van der Waals surface area contributed by atoms with Crippen LogP contribution in [0.15, 0.2) is 36.4 Å². The molecule has 1 saturated carbocycles. The van der Waals surface area contributed by atoms with E-state index in [0.29, 0.717) is 24.2 Å². The minimum Gasteiger partial charge on any atom is -0.390 e. The Kier molecular flexibility index (Phi) is 8.27. The van der Waals surface area contributed by atoms with Crippen LogP contribution in [0.2, 0.25) is 0 Å². The lowest BCUT2D eigenvalue weighted by Crippen LogP contribution is -2.49. The molecular weight excluding hydrogens is 464 g/mol. The second-order valence-corrected chi connectivity index (χ2v) is 11.1. The summed E-state index contributed by atoms with van der Waals surface area (Å²) < 4.78 is 0. The second-order valence-electron chi connectivity index (χ2n) is 11.1. The molecule has 3 heterocycles. The third-order valence-electron chi connectivity index (χ3n) is 8.08. The number of nitrogens with zero attached hydrogens (tertiary/aromatic N) is 4. The number of aliphatic hydroxyl groups excluding tert-OH is 1. The highest BCUT2D eigenvalue weighted by molar-refractivity contribution is 5.95. The molecule has 0 bridgehead atoms. The number of carbonyl (C=O) groups is 1. The summed E-state index contributed by atoms with van der Waals surface area (Å²) >= 11 is 0. The van der Waals surface area contributed by atoms with E-state index in [-0.39, 0.29) is 12.5 Å². The first-order valence-corrected chi connectivity index (χ1v) is 14.0. The highest BCUT2D eigenvalue weighted by Gasteiger charge is 2.24. The molecule has 0 radical (unpaired) electrons. The number of anilines is 2. The quantitative estimate of drug-likeness (QED) is 0.482. The first-order chi connectivity index (χ1) is 17.9. The zero-order valence-electron chi connectivity index (χ0n) is 22.3.